The Labute approximate surface area is 112 Å². The van der Waals surface area contributed by atoms with E-state index in [2.05, 4.69) is 27.4 Å². The molecule has 0 spiro atoms. The number of aryl methyl sites for hydroxylation is 1. The molecule has 0 saturated heterocycles. The van der Waals surface area contributed by atoms with E-state index in [1.54, 1.807) is 0 Å². The zero-order valence-corrected chi connectivity index (χ0v) is 11.1. The minimum atomic E-state index is 0.302. The lowest BCUT2D eigenvalue weighted by Crippen LogP contribution is -2.07. The molecule has 0 aliphatic rings. The molecule has 18 heavy (non-hydrogen) atoms. The van der Waals surface area contributed by atoms with Crippen LogP contribution in [0.2, 0.25) is 5.28 Å². The van der Waals surface area contributed by atoms with Gasteiger partial charge in [-0.15, -0.1) is 0 Å². The van der Waals surface area contributed by atoms with Crippen LogP contribution in [0.25, 0.3) is 0 Å². The Hall–Kier alpha value is -1.61. The molecule has 0 aliphatic heterocycles. The van der Waals surface area contributed by atoms with Crippen LogP contribution in [0.3, 0.4) is 0 Å². The zero-order valence-electron chi connectivity index (χ0n) is 10.4. The second-order valence-corrected chi connectivity index (χ2v) is 4.37. The van der Waals surface area contributed by atoms with Crippen molar-refractivity contribution in [1.29, 1.82) is 0 Å². The van der Waals surface area contributed by atoms with E-state index >= 15 is 0 Å². The normalized spacial score (nSPS) is 10.3. The van der Waals surface area contributed by atoms with Crippen molar-refractivity contribution in [3.05, 3.63) is 52.9 Å². The van der Waals surface area contributed by atoms with E-state index in [9.17, 15) is 0 Å². The monoisotopic (exact) mass is 261 g/mol. The lowest BCUT2D eigenvalue weighted by molar-refractivity contribution is 0.968. The minimum absolute atomic E-state index is 0.302. The molecule has 94 valence electrons. The SMILES string of the molecule is CCc1cc(NCCc2ccccc2)nc(Cl)n1. The third kappa shape index (κ3) is 3.70. The molecular formula is C14H16ClN3. The van der Waals surface area contributed by atoms with Crippen molar-refractivity contribution >= 4 is 17.4 Å². The third-order valence-corrected chi connectivity index (χ3v) is 2.85. The van der Waals surface area contributed by atoms with Crippen LogP contribution in [-0.2, 0) is 12.8 Å². The quantitative estimate of drug-likeness (QED) is 0.839. The molecular weight excluding hydrogens is 246 g/mol. The highest BCUT2D eigenvalue weighted by atomic mass is 35.5. The van der Waals surface area contributed by atoms with Gasteiger partial charge in [0.25, 0.3) is 0 Å². The molecule has 0 radical (unpaired) electrons. The number of halogens is 1. The summed E-state index contributed by atoms with van der Waals surface area (Å²) >= 11 is 5.86. The highest BCUT2D eigenvalue weighted by Gasteiger charge is 2.01. The summed E-state index contributed by atoms with van der Waals surface area (Å²) in [5.74, 6) is 0.794. The number of benzene rings is 1. The standard InChI is InChI=1S/C14H16ClN3/c1-2-12-10-13(18-14(15)17-12)16-9-8-11-6-4-3-5-7-11/h3-7,10H,2,8-9H2,1H3,(H,16,17,18). The van der Waals surface area contributed by atoms with Crippen molar-refractivity contribution < 1.29 is 0 Å². The van der Waals surface area contributed by atoms with Crippen LogP contribution in [-0.4, -0.2) is 16.5 Å². The fraction of sp³-hybridized carbons (Fsp3) is 0.286. The Kier molecular flexibility index (Phi) is 4.53. The van der Waals surface area contributed by atoms with Gasteiger partial charge >= 0.3 is 0 Å². The van der Waals surface area contributed by atoms with E-state index in [1.165, 1.54) is 5.56 Å². The van der Waals surface area contributed by atoms with Gasteiger partial charge in [0.05, 0.1) is 0 Å². The third-order valence-electron chi connectivity index (χ3n) is 2.68. The average Bonchev–Trinajstić information content (AvgIpc) is 2.39. The lowest BCUT2D eigenvalue weighted by atomic mass is 10.1. The van der Waals surface area contributed by atoms with Gasteiger partial charge < -0.3 is 5.32 Å². The van der Waals surface area contributed by atoms with Crippen molar-refractivity contribution in [1.82, 2.24) is 9.97 Å². The van der Waals surface area contributed by atoms with Gasteiger partial charge in [-0.05, 0) is 30.0 Å². The van der Waals surface area contributed by atoms with Gasteiger partial charge in [-0.3, -0.25) is 0 Å². The summed E-state index contributed by atoms with van der Waals surface area (Å²) in [7, 11) is 0. The first-order chi connectivity index (χ1) is 8.78. The van der Waals surface area contributed by atoms with Gasteiger partial charge in [0.1, 0.15) is 5.82 Å². The molecule has 3 nitrogen and oxygen atoms in total. The van der Waals surface area contributed by atoms with Gasteiger partial charge in [-0.2, -0.15) is 0 Å². The Morgan fingerprint density at radius 1 is 1.17 bits per heavy atom. The van der Waals surface area contributed by atoms with Crippen molar-refractivity contribution in [2.24, 2.45) is 0 Å². The van der Waals surface area contributed by atoms with E-state index in [1.807, 2.05) is 31.2 Å². The minimum Gasteiger partial charge on any atom is -0.370 e. The second-order valence-electron chi connectivity index (χ2n) is 4.03. The van der Waals surface area contributed by atoms with Gasteiger partial charge in [0.15, 0.2) is 0 Å². The van der Waals surface area contributed by atoms with Crippen LogP contribution in [0.15, 0.2) is 36.4 Å². The lowest BCUT2D eigenvalue weighted by Gasteiger charge is -2.07. The molecule has 0 unspecified atom stereocenters. The predicted molar refractivity (Wildman–Crippen MR) is 75.1 cm³/mol. The second kappa shape index (κ2) is 6.36. The summed E-state index contributed by atoms with van der Waals surface area (Å²) < 4.78 is 0. The summed E-state index contributed by atoms with van der Waals surface area (Å²) in [6.45, 7) is 2.88. The maximum Gasteiger partial charge on any atom is 0.224 e. The summed E-state index contributed by atoms with van der Waals surface area (Å²) in [6.07, 6.45) is 1.82. The predicted octanol–water partition coefficient (Wildman–Crippen LogP) is 3.35. The summed E-state index contributed by atoms with van der Waals surface area (Å²) in [5, 5.41) is 3.58. The molecule has 2 rings (SSSR count). The Morgan fingerprint density at radius 3 is 2.67 bits per heavy atom. The molecule has 0 atom stereocenters. The molecule has 0 fully saturated rings. The first-order valence-corrected chi connectivity index (χ1v) is 6.47. The fourth-order valence-electron chi connectivity index (χ4n) is 1.72. The molecule has 1 aromatic carbocycles. The molecule has 2 aromatic rings. The van der Waals surface area contributed by atoms with Crippen molar-refractivity contribution in [3.8, 4) is 0 Å². The maximum absolute atomic E-state index is 5.86. The van der Waals surface area contributed by atoms with Gasteiger partial charge in [0.2, 0.25) is 5.28 Å². The average molecular weight is 262 g/mol. The summed E-state index contributed by atoms with van der Waals surface area (Å²) in [6, 6.07) is 12.3. The summed E-state index contributed by atoms with van der Waals surface area (Å²) in [4.78, 5) is 8.29. The summed E-state index contributed by atoms with van der Waals surface area (Å²) in [5.41, 5.74) is 2.26. The van der Waals surface area contributed by atoms with Crippen LogP contribution in [0.5, 0.6) is 0 Å². The van der Waals surface area contributed by atoms with Gasteiger partial charge in [0, 0.05) is 18.3 Å². The highest BCUT2D eigenvalue weighted by molar-refractivity contribution is 6.28. The van der Waals surface area contributed by atoms with E-state index in [0.717, 1.165) is 30.9 Å². The molecule has 0 saturated carbocycles. The fourth-order valence-corrected chi connectivity index (χ4v) is 1.92. The smallest absolute Gasteiger partial charge is 0.224 e. The van der Waals surface area contributed by atoms with E-state index < -0.39 is 0 Å². The maximum atomic E-state index is 5.86. The first kappa shape index (κ1) is 12.8. The molecule has 4 heteroatoms. The van der Waals surface area contributed by atoms with E-state index in [4.69, 9.17) is 11.6 Å². The Balaban J connectivity index is 1.92. The van der Waals surface area contributed by atoms with E-state index in [0.29, 0.717) is 5.28 Å². The van der Waals surface area contributed by atoms with Gasteiger partial charge in [-0.25, -0.2) is 9.97 Å². The molecule has 1 heterocycles. The number of aromatic nitrogens is 2. The molecule has 0 bridgehead atoms. The van der Waals surface area contributed by atoms with E-state index in [-0.39, 0.29) is 0 Å². The van der Waals surface area contributed by atoms with Crippen molar-refractivity contribution in [3.63, 3.8) is 0 Å². The number of hydrogen-bond acceptors (Lipinski definition) is 3. The first-order valence-electron chi connectivity index (χ1n) is 6.09. The number of hydrogen-bond donors (Lipinski definition) is 1. The Bertz CT molecular complexity index is 500. The largest absolute Gasteiger partial charge is 0.370 e. The van der Waals surface area contributed by atoms with Crippen molar-refractivity contribution in [2.75, 3.05) is 11.9 Å². The molecule has 1 aromatic heterocycles. The van der Waals surface area contributed by atoms with Crippen molar-refractivity contribution in [2.45, 2.75) is 19.8 Å². The van der Waals surface area contributed by atoms with Crippen LogP contribution in [0, 0.1) is 0 Å². The number of rotatable bonds is 5. The van der Waals surface area contributed by atoms with Crippen LogP contribution >= 0.6 is 11.6 Å². The molecule has 0 aliphatic carbocycles. The zero-order chi connectivity index (χ0) is 12.8. The number of anilines is 1. The molecule has 1 N–H and O–H groups in total. The van der Waals surface area contributed by atoms with Crippen LogP contribution < -0.4 is 5.32 Å². The topological polar surface area (TPSA) is 37.8 Å². The highest BCUT2D eigenvalue weighted by Crippen LogP contribution is 2.11. The van der Waals surface area contributed by atoms with Gasteiger partial charge in [-0.1, -0.05) is 37.3 Å². The van der Waals surface area contributed by atoms with Crippen LogP contribution in [0.1, 0.15) is 18.2 Å². The Morgan fingerprint density at radius 2 is 1.94 bits per heavy atom. The number of nitrogens with zero attached hydrogens (tertiary/aromatic N) is 2. The van der Waals surface area contributed by atoms with Crippen LogP contribution in [0.4, 0.5) is 5.82 Å². The molecule has 0 amide bonds. The number of nitrogens with one attached hydrogen (secondary N) is 1.